The van der Waals surface area contributed by atoms with Gasteiger partial charge in [-0.15, -0.1) is 0 Å². The topological polar surface area (TPSA) is 56.7 Å². The molecular formula is C12H13ClF3N3O2. The molecule has 2 heterocycles. The van der Waals surface area contributed by atoms with Crippen LogP contribution in [0, 0.1) is 0 Å². The van der Waals surface area contributed by atoms with E-state index in [1.54, 1.807) is 4.90 Å². The van der Waals surface area contributed by atoms with Gasteiger partial charge in [0, 0.05) is 32.4 Å². The Kier molecular flexibility index (Phi) is 4.89. The fourth-order valence-electron chi connectivity index (χ4n) is 2.12. The number of carboxylic acid groups (broad SMARTS) is 1. The van der Waals surface area contributed by atoms with Crippen molar-refractivity contribution in [3.63, 3.8) is 0 Å². The number of piperazine rings is 1. The molecule has 5 nitrogen and oxygen atoms in total. The maximum Gasteiger partial charge on any atom is 0.337 e. The third kappa shape index (κ3) is 3.56. The zero-order valence-corrected chi connectivity index (χ0v) is 11.6. The number of carboxylic acids is 1. The van der Waals surface area contributed by atoms with Gasteiger partial charge in [0.1, 0.15) is 5.82 Å². The number of hydrogen-bond donors (Lipinski definition) is 1. The van der Waals surface area contributed by atoms with E-state index in [1.807, 2.05) is 0 Å². The van der Waals surface area contributed by atoms with Crippen molar-refractivity contribution in [1.82, 2.24) is 9.88 Å². The van der Waals surface area contributed by atoms with Crippen LogP contribution in [-0.4, -0.2) is 59.9 Å². The first-order valence-electron chi connectivity index (χ1n) is 6.20. The number of nitrogens with zero attached hydrogens (tertiary/aromatic N) is 3. The smallest absolute Gasteiger partial charge is 0.337 e. The van der Waals surface area contributed by atoms with E-state index in [4.69, 9.17) is 16.7 Å². The molecule has 0 saturated carbocycles. The molecule has 116 valence electrons. The van der Waals surface area contributed by atoms with Crippen LogP contribution in [0.15, 0.2) is 12.3 Å². The highest BCUT2D eigenvalue weighted by atomic mass is 35.5. The molecule has 1 atom stereocenters. The average Bonchev–Trinajstić information content (AvgIpc) is 2.46. The van der Waals surface area contributed by atoms with Crippen LogP contribution in [0.5, 0.6) is 0 Å². The van der Waals surface area contributed by atoms with Crippen LogP contribution in [0.1, 0.15) is 10.4 Å². The van der Waals surface area contributed by atoms with Crippen molar-refractivity contribution in [2.24, 2.45) is 0 Å². The number of aromatic carboxylic acids is 1. The maximum absolute atomic E-state index is 13.2. The van der Waals surface area contributed by atoms with Crippen LogP contribution in [-0.2, 0) is 0 Å². The Balaban J connectivity index is 2.04. The minimum absolute atomic E-state index is 0.0380. The Morgan fingerprint density at radius 3 is 2.38 bits per heavy atom. The Morgan fingerprint density at radius 1 is 1.29 bits per heavy atom. The third-order valence-corrected chi connectivity index (χ3v) is 3.52. The summed E-state index contributed by atoms with van der Waals surface area (Å²) in [6.45, 7) is 0.799. The number of pyridine rings is 1. The summed E-state index contributed by atoms with van der Waals surface area (Å²) >= 11 is 5.98. The fraction of sp³-hybridized carbons (Fsp3) is 0.500. The predicted octanol–water partition coefficient (Wildman–Crippen LogP) is 2.12. The lowest BCUT2D eigenvalue weighted by Gasteiger charge is -2.36. The van der Waals surface area contributed by atoms with Gasteiger partial charge in [0.25, 0.3) is 6.43 Å². The number of hydrogen-bond acceptors (Lipinski definition) is 4. The summed E-state index contributed by atoms with van der Waals surface area (Å²) in [5.74, 6) is -0.772. The Bertz CT molecular complexity index is 524. The molecule has 1 N–H and O–H groups in total. The summed E-state index contributed by atoms with van der Waals surface area (Å²) in [6, 6.07) is 1.27. The van der Waals surface area contributed by atoms with E-state index < -0.39 is 18.7 Å². The molecule has 0 spiro atoms. The molecular weight excluding hydrogens is 311 g/mol. The highest BCUT2D eigenvalue weighted by Crippen LogP contribution is 2.26. The highest BCUT2D eigenvalue weighted by molar-refractivity contribution is 6.33. The molecule has 9 heteroatoms. The highest BCUT2D eigenvalue weighted by Gasteiger charge is 2.30. The van der Waals surface area contributed by atoms with E-state index in [0.717, 1.165) is 4.90 Å². The molecule has 0 radical (unpaired) electrons. The summed E-state index contributed by atoms with van der Waals surface area (Å²) in [5.41, 5.74) is -0.0380. The molecule has 1 aromatic heterocycles. The zero-order valence-electron chi connectivity index (χ0n) is 10.8. The van der Waals surface area contributed by atoms with Crippen LogP contribution >= 0.6 is 11.6 Å². The fourth-order valence-corrected chi connectivity index (χ4v) is 2.41. The minimum atomic E-state index is -3.03. The van der Waals surface area contributed by atoms with Gasteiger partial charge in [-0.2, -0.15) is 0 Å². The Labute approximate surface area is 123 Å². The van der Waals surface area contributed by atoms with E-state index in [0.29, 0.717) is 5.82 Å². The number of rotatable bonds is 4. The molecule has 1 unspecified atom stereocenters. The molecule has 0 aromatic carbocycles. The Morgan fingerprint density at radius 2 is 1.90 bits per heavy atom. The average molecular weight is 324 g/mol. The van der Waals surface area contributed by atoms with Crippen molar-refractivity contribution < 1.29 is 23.1 Å². The molecule has 1 aliphatic heterocycles. The molecule has 0 aliphatic carbocycles. The first kappa shape index (κ1) is 15.8. The second-order valence-corrected chi connectivity index (χ2v) is 4.97. The second kappa shape index (κ2) is 6.48. The van der Waals surface area contributed by atoms with Crippen LogP contribution in [0.4, 0.5) is 19.0 Å². The summed E-state index contributed by atoms with van der Waals surface area (Å²) in [4.78, 5) is 17.5. The first-order valence-corrected chi connectivity index (χ1v) is 6.58. The quantitative estimate of drug-likeness (QED) is 0.860. The number of anilines is 1. The minimum Gasteiger partial charge on any atom is -0.478 e. The lowest BCUT2D eigenvalue weighted by molar-refractivity contribution is -0.0505. The summed E-state index contributed by atoms with van der Waals surface area (Å²) < 4.78 is 37.8. The van der Waals surface area contributed by atoms with Gasteiger partial charge in [-0.1, -0.05) is 11.6 Å². The third-order valence-electron chi connectivity index (χ3n) is 3.24. The lowest BCUT2D eigenvalue weighted by atomic mass is 10.2. The number of carbonyl (C=O) groups is 1. The van der Waals surface area contributed by atoms with E-state index >= 15 is 0 Å². The monoisotopic (exact) mass is 323 g/mol. The standard InChI is InChI=1S/C12H13ClF3N3O2/c13-8-5-7(12(20)21)6-17-11(8)19-3-1-18(2-4-19)10(16)9(14)15/h5-6,9-10H,1-4H2,(H,20,21). The van der Waals surface area contributed by atoms with Crippen LogP contribution in [0.25, 0.3) is 0 Å². The molecule has 0 bridgehead atoms. The van der Waals surface area contributed by atoms with Crippen LogP contribution in [0.2, 0.25) is 5.02 Å². The van der Waals surface area contributed by atoms with Gasteiger partial charge in [-0.25, -0.2) is 22.9 Å². The molecule has 21 heavy (non-hydrogen) atoms. The van der Waals surface area contributed by atoms with Crippen LogP contribution < -0.4 is 4.90 Å². The molecule has 1 aromatic rings. The van der Waals surface area contributed by atoms with Crippen molar-refractivity contribution in [2.45, 2.75) is 12.7 Å². The molecule has 2 rings (SSSR count). The van der Waals surface area contributed by atoms with Crippen molar-refractivity contribution in [1.29, 1.82) is 0 Å². The number of alkyl halides is 3. The maximum atomic E-state index is 13.2. The van der Waals surface area contributed by atoms with Crippen molar-refractivity contribution in [3.8, 4) is 0 Å². The van der Waals surface area contributed by atoms with Crippen molar-refractivity contribution >= 4 is 23.4 Å². The van der Waals surface area contributed by atoms with Crippen LogP contribution in [0.3, 0.4) is 0 Å². The first-order chi connectivity index (χ1) is 9.90. The van der Waals surface area contributed by atoms with Crippen molar-refractivity contribution in [3.05, 3.63) is 22.8 Å². The second-order valence-electron chi connectivity index (χ2n) is 4.56. The predicted molar refractivity (Wildman–Crippen MR) is 70.9 cm³/mol. The van der Waals surface area contributed by atoms with E-state index in [1.165, 1.54) is 12.3 Å². The molecule has 1 saturated heterocycles. The van der Waals surface area contributed by atoms with E-state index in [9.17, 15) is 18.0 Å². The van der Waals surface area contributed by atoms with Gasteiger partial charge >= 0.3 is 5.97 Å². The molecule has 1 fully saturated rings. The van der Waals surface area contributed by atoms with E-state index in [-0.39, 0.29) is 36.8 Å². The summed E-state index contributed by atoms with van der Waals surface area (Å²) in [7, 11) is 0. The summed E-state index contributed by atoms with van der Waals surface area (Å²) in [5, 5.41) is 8.99. The molecule has 1 aliphatic rings. The van der Waals surface area contributed by atoms with Crippen molar-refractivity contribution in [2.75, 3.05) is 31.1 Å². The van der Waals surface area contributed by atoms with Gasteiger partial charge in [0.2, 0.25) is 6.30 Å². The van der Waals surface area contributed by atoms with Gasteiger partial charge in [-0.3, -0.25) is 4.90 Å². The zero-order chi connectivity index (χ0) is 15.6. The molecule has 0 amide bonds. The largest absolute Gasteiger partial charge is 0.478 e. The number of aromatic nitrogens is 1. The van der Waals surface area contributed by atoms with E-state index in [2.05, 4.69) is 4.98 Å². The van der Waals surface area contributed by atoms with Gasteiger partial charge in [0.05, 0.1) is 10.6 Å². The normalized spacial score (nSPS) is 18.0. The number of halogens is 4. The van der Waals surface area contributed by atoms with Gasteiger partial charge in [0.15, 0.2) is 0 Å². The Hall–Kier alpha value is -1.54. The summed E-state index contributed by atoms with van der Waals surface area (Å²) in [6.07, 6.45) is -4.13. The van der Waals surface area contributed by atoms with Gasteiger partial charge in [-0.05, 0) is 6.07 Å². The lowest BCUT2D eigenvalue weighted by Crippen LogP contribution is -2.51. The SMILES string of the molecule is O=C(O)c1cnc(N2CCN(C(F)C(F)F)CC2)c(Cl)c1. The van der Waals surface area contributed by atoms with Gasteiger partial charge < -0.3 is 10.0 Å².